The molecule has 0 radical (unpaired) electrons. The Bertz CT molecular complexity index is 793. The molecule has 29 heavy (non-hydrogen) atoms. The largest absolute Gasteiger partial charge is 0.422 e. The van der Waals surface area contributed by atoms with Crippen LogP contribution in [-0.2, 0) is 22.6 Å². The molecule has 0 bridgehead atoms. The minimum Gasteiger partial charge on any atom is -0.422 e. The minimum absolute atomic E-state index is 0.336. The highest BCUT2D eigenvalue weighted by atomic mass is 31.3. The Hall–Kier alpha value is -0.490. The van der Waals surface area contributed by atoms with E-state index in [0.717, 1.165) is 5.56 Å². The summed E-state index contributed by atoms with van der Waals surface area (Å²) in [6.45, 7) is 13.1. The monoisotopic (exact) mass is 467 g/mol. The fourth-order valence-electron chi connectivity index (χ4n) is 2.46. The first kappa shape index (κ1) is 24.8. The third kappa shape index (κ3) is 6.49. The van der Waals surface area contributed by atoms with Crippen LogP contribution in [0.5, 0.6) is 5.75 Å². The summed E-state index contributed by atoms with van der Waals surface area (Å²) in [5.41, 5.74) is 1.12. The van der Waals surface area contributed by atoms with Crippen LogP contribution in [-0.4, -0.2) is 33.0 Å². The van der Waals surface area contributed by atoms with E-state index in [9.17, 15) is 0 Å². The Kier molecular flexibility index (Phi) is 9.59. The molecule has 1 atom stereocenters. The molecule has 0 N–H and O–H groups in total. The molecule has 2 rings (SSSR count). The van der Waals surface area contributed by atoms with E-state index in [1.807, 2.05) is 65.8 Å². The van der Waals surface area contributed by atoms with Gasteiger partial charge in [0.1, 0.15) is 5.75 Å². The Balaban J connectivity index is 2.75. The average Bonchev–Trinajstić information content (AvgIpc) is 2.64. The summed E-state index contributed by atoms with van der Waals surface area (Å²) < 4.78 is 50.3. The molecule has 1 aromatic rings. The third-order valence-electron chi connectivity index (χ3n) is 3.41. The Morgan fingerprint density at radius 2 is 0.931 bits per heavy atom. The van der Waals surface area contributed by atoms with Gasteiger partial charge in [-0.15, -0.1) is 13.5 Å². The molecular formula is C17H32N3O6P3. The molecule has 1 heterocycles. The predicted molar refractivity (Wildman–Crippen MR) is 118 cm³/mol. The summed E-state index contributed by atoms with van der Waals surface area (Å²) in [5.74, 6) is 0.587. The van der Waals surface area contributed by atoms with Gasteiger partial charge in [0.05, 0.1) is 33.0 Å². The molecule has 0 saturated carbocycles. The number of rotatable bonds is 12. The lowest BCUT2D eigenvalue weighted by molar-refractivity contribution is 0.243. The summed E-state index contributed by atoms with van der Waals surface area (Å²) in [7, 11) is -9.46. The molecule has 166 valence electrons. The molecular weight excluding hydrogens is 435 g/mol. The fraction of sp³-hybridized carbons (Fsp3) is 0.647. The smallest absolute Gasteiger partial charge is 0.402 e. The number of aryl methyl sites for hydroxylation is 1. The van der Waals surface area contributed by atoms with E-state index >= 15 is 0 Å². The van der Waals surface area contributed by atoms with Gasteiger partial charge in [-0.2, -0.15) is 0 Å². The fourth-order valence-corrected chi connectivity index (χ4v) is 11.9. The third-order valence-corrected chi connectivity index (χ3v) is 12.3. The molecule has 0 spiro atoms. The molecule has 0 aliphatic carbocycles. The lowest BCUT2D eigenvalue weighted by Gasteiger charge is -2.32. The molecule has 0 amide bonds. The summed E-state index contributed by atoms with van der Waals surface area (Å²) in [4.78, 5) is 0. The van der Waals surface area contributed by atoms with E-state index in [0.29, 0.717) is 38.8 Å². The van der Waals surface area contributed by atoms with Gasteiger partial charge >= 0.3 is 23.0 Å². The highest BCUT2D eigenvalue weighted by Crippen LogP contribution is 2.80. The molecule has 1 aliphatic heterocycles. The van der Waals surface area contributed by atoms with Crippen LogP contribution in [0.1, 0.15) is 40.2 Å². The number of benzene rings is 1. The first-order chi connectivity index (χ1) is 13.9. The maximum atomic E-state index is 6.27. The first-order valence-electron chi connectivity index (χ1n) is 9.80. The van der Waals surface area contributed by atoms with Crippen LogP contribution in [0.15, 0.2) is 37.8 Å². The van der Waals surface area contributed by atoms with Crippen molar-refractivity contribution in [2.75, 3.05) is 33.0 Å². The van der Waals surface area contributed by atoms with Gasteiger partial charge in [0.2, 0.25) is 0 Å². The van der Waals surface area contributed by atoms with Gasteiger partial charge in [-0.3, -0.25) is 4.52 Å². The number of hydrogen-bond donors (Lipinski definition) is 0. The van der Waals surface area contributed by atoms with Gasteiger partial charge < -0.3 is 22.6 Å². The molecule has 0 fully saturated rings. The quantitative estimate of drug-likeness (QED) is 0.297. The normalized spacial score (nSPS) is 22.3. The predicted octanol–water partition coefficient (Wildman–Crippen LogP) is 7.41. The highest BCUT2D eigenvalue weighted by molar-refractivity contribution is 7.78. The maximum Gasteiger partial charge on any atom is 0.402 e. The second-order valence-electron chi connectivity index (χ2n) is 5.73. The molecule has 1 aliphatic rings. The van der Waals surface area contributed by atoms with Gasteiger partial charge in [0.15, 0.2) is 0 Å². The van der Waals surface area contributed by atoms with Gasteiger partial charge in [-0.25, -0.2) is 0 Å². The number of nitrogens with zero attached hydrogens (tertiary/aromatic N) is 3. The van der Waals surface area contributed by atoms with Crippen molar-refractivity contribution in [3.8, 4) is 5.75 Å². The first-order valence-corrected chi connectivity index (χ1v) is 14.4. The Morgan fingerprint density at radius 1 is 0.586 bits per heavy atom. The van der Waals surface area contributed by atoms with Gasteiger partial charge in [-0.1, -0.05) is 17.7 Å². The molecule has 9 nitrogen and oxygen atoms in total. The zero-order valence-corrected chi connectivity index (χ0v) is 20.7. The van der Waals surface area contributed by atoms with Gasteiger partial charge in [0.25, 0.3) is 0 Å². The van der Waals surface area contributed by atoms with Crippen LogP contribution in [0, 0.1) is 6.92 Å². The van der Waals surface area contributed by atoms with E-state index in [-0.39, 0.29) is 0 Å². The lowest BCUT2D eigenvalue weighted by Crippen LogP contribution is -2.05. The highest BCUT2D eigenvalue weighted by Gasteiger charge is 2.43. The molecule has 1 unspecified atom stereocenters. The van der Waals surface area contributed by atoms with Crippen molar-refractivity contribution in [2.45, 2.75) is 41.5 Å². The van der Waals surface area contributed by atoms with Crippen LogP contribution in [0.25, 0.3) is 0 Å². The van der Waals surface area contributed by atoms with Crippen LogP contribution < -0.4 is 4.52 Å². The van der Waals surface area contributed by atoms with Crippen molar-refractivity contribution in [1.29, 1.82) is 0 Å². The van der Waals surface area contributed by atoms with E-state index in [1.165, 1.54) is 0 Å². The molecule has 12 heteroatoms. The average molecular weight is 467 g/mol. The van der Waals surface area contributed by atoms with Gasteiger partial charge in [-0.05, 0) is 53.7 Å². The number of hydrogen-bond acceptors (Lipinski definition) is 9. The van der Waals surface area contributed by atoms with Crippen molar-refractivity contribution in [2.24, 2.45) is 13.5 Å². The van der Waals surface area contributed by atoms with Crippen LogP contribution >= 0.6 is 23.0 Å². The van der Waals surface area contributed by atoms with Crippen molar-refractivity contribution in [3.05, 3.63) is 29.8 Å². The Morgan fingerprint density at radius 3 is 1.34 bits per heavy atom. The molecule has 1 aromatic carbocycles. The van der Waals surface area contributed by atoms with E-state index < -0.39 is 23.0 Å². The standard InChI is InChI=1S/C17H32N3O6P3/c1-7-21-27(22-8-2)18-28(23-9-3,24-10-4)20-29(19-27,25-11-5)26-17-14-12-16(6)13-15-17/h12-15H,7-11H2,1-6H3. The second kappa shape index (κ2) is 11.2. The van der Waals surface area contributed by atoms with Crippen LogP contribution in [0.2, 0.25) is 0 Å². The van der Waals surface area contributed by atoms with E-state index in [1.54, 1.807) is 0 Å². The van der Waals surface area contributed by atoms with Crippen molar-refractivity contribution in [3.63, 3.8) is 0 Å². The van der Waals surface area contributed by atoms with Crippen molar-refractivity contribution >= 4 is 23.0 Å². The van der Waals surface area contributed by atoms with Crippen LogP contribution in [0.4, 0.5) is 0 Å². The maximum absolute atomic E-state index is 6.27. The van der Waals surface area contributed by atoms with E-state index in [4.69, 9.17) is 40.7 Å². The summed E-state index contributed by atoms with van der Waals surface area (Å²) >= 11 is 0. The SMILES string of the molecule is CCOP1(OCC)=NP(OCC)(OCC)=NP(OCC)(Oc2ccc(C)cc2)=N1. The zero-order valence-electron chi connectivity index (χ0n) is 18.0. The topological polar surface area (TPSA) is 92.5 Å². The summed E-state index contributed by atoms with van der Waals surface area (Å²) in [6, 6.07) is 7.62. The van der Waals surface area contributed by atoms with Crippen molar-refractivity contribution in [1.82, 2.24) is 0 Å². The Labute approximate surface area is 174 Å². The van der Waals surface area contributed by atoms with Crippen molar-refractivity contribution < 1.29 is 27.1 Å². The summed E-state index contributed by atoms with van der Waals surface area (Å²) in [5, 5.41) is 0. The lowest BCUT2D eigenvalue weighted by atomic mass is 10.2. The summed E-state index contributed by atoms with van der Waals surface area (Å²) in [6.07, 6.45) is 0. The van der Waals surface area contributed by atoms with Crippen LogP contribution in [0.3, 0.4) is 0 Å². The van der Waals surface area contributed by atoms with Gasteiger partial charge in [0, 0.05) is 0 Å². The minimum atomic E-state index is -3.23. The molecule has 0 aromatic heterocycles. The van der Waals surface area contributed by atoms with E-state index in [2.05, 4.69) is 0 Å². The second-order valence-corrected chi connectivity index (χ2v) is 12.3. The zero-order chi connectivity index (χ0) is 21.4. The molecule has 0 saturated heterocycles.